The smallest absolute Gasteiger partial charge is 0.202 e. The SMILES string of the molecule is CC1=CC2=C(Br)CSC2=[C-]1.CC1=CC2=C(Br)CSC2=[C-]1.Cc1cccc([C-]=[Si])c1C.[CH2-]c1ccccc1.[Zr+4]. The van der Waals surface area contributed by atoms with Crippen LogP contribution < -0.4 is 0 Å². The van der Waals surface area contributed by atoms with Crippen LogP contribution in [-0.2, 0) is 26.2 Å². The molecule has 0 bridgehead atoms. The molecule has 0 amide bonds. The van der Waals surface area contributed by atoms with Gasteiger partial charge in [-0.05, 0) is 0 Å². The molecule has 6 rings (SSSR count). The van der Waals surface area contributed by atoms with Gasteiger partial charge in [-0.15, -0.1) is 62.7 Å². The Labute approximate surface area is 276 Å². The molecular formula is C32H28Br2S2SiZr. The average molecular weight is 756 g/mol. The molecule has 0 saturated heterocycles. The van der Waals surface area contributed by atoms with Crippen LogP contribution in [0.5, 0.6) is 0 Å². The second-order valence-corrected chi connectivity index (χ2v) is 12.8. The molecule has 0 nitrogen and oxygen atoms in total. The van der Waals surface area contributed by atoms with Crippen LogP contribution in [0.1, 0.15) is 36.1 Å². The van der Waals surface area contributed by atoms with Gasteiger partial charge in [0.25, 0.3) is 0 Å². The van der Waals surface area contributed by atoms with E-state index in [1.54, 1.807) is 0 Å². The van der Waals surface area contributed by atoms with Crippen LogP contribution in [0.3, 0.4) is 0 Å². The number of benzene rings is 2. The standard InChI is InChI=1S/C9H9Si.2C8H6BrS.C7H7.Zr/c1-7-4-3-5-9(6-10)8(7)2;2*1-5-2-6-7(9)4-10-8(6)3-5;1-7-5-3-2-4-6-7;/h3-5H,1-2H3;2*2H,4H2,1H3;2-6H,1H2;/q4*-1;+4. The molecule has 2 aromatic rings. The predicted octanol–water partition coefficient (Wildman–Crippen LogP) is 9.42. The molecule has 0 unspecified atom stereocenters. The zero-order valence-electron chi connectivity index (χ0n) is 22.0. The van der Waals surface area contributed by atoms with Crippen LogP contribution in [0.2, 0.25) is 0 Å². The van der Waals surface area contributed by atoms with Crippen molar-refractivity contribution in [3.05, 3.63) is 143 Å². The number of hydrogen-bond donors (Lipinski definition) is 0. The predicted molar refractivity (Wildman–Crippen MR) is 175 cm³/mol. The van der Waals surface area contributed by atoms with Gasteiger partial charge >= 0.3 is 26.2 Å². The molecule has 0 saturated carbocycles. The fourth-order valence-corrected chi connectivity index (χ4v) is 7.39. The van der Waals surface area contributed by atoms with Crippen LogP contribution in [0.15, 0.2) is 102 Å². The number of thioether (sulfide) groups is 2. The fraction of sp³-hybridized carbons (Fsp3) is 0.188. The van der Waals surface area contributed by atoms with Crippen LogP contribution in [0.4, 0.5) is 0 Å². The largest absolute Gasteiger partial charge is 4.00 e. The number of aryl methyl sites for hydroxylation is 1. The first kappa shape index (κ1) is 33.6. The second kappa shape index (κ2) is 16.6. The Morgan fingerprint density at radius 2 is 1.29 bits per heavy atom. The van der Waals surface area contributed by atoms with Gasteiger partial charge in [-0.25, -0.2) is 12.2 Å². The van der Waals surface area contributed by atoms with Crippen molar-refractivity contribution in [1.82, 2.24) is 0 Å². The van der Waals surface area contributed by atoms with Crippen LogP contribution >= 0.6 is 55.4 Å². The first-order valence-corrected chi connectivity index (χ1v) is 15.8. The van der Waals surface area contributed by atoms with E-state index in [4.69, 9.17) is 0 Å². The molecule has 0 aromatic heterocycles. The molecule has 2 radical (unpaired) electrons. The normalized spacial score (nSPS) is 16.2. The number of hydrogen-bond acceptors (Lipinski definition) is 2. The summed E-state index contributed by atoms with van der Waals surface area (Å²) in [6.45, 7) is 12.1. The Kier molecular flexibility index (Phi) is 14.7. The maximum atomic E-state index is 3.72. The Bertz CT molecular complexity index is 1290. The van der Waals surface area contributed by atoms with Gasteiger partial charge in [-0.1, -0.05) is 90.5 Å². The van der Waals surface area contributed by atoms with Crippen molar-refractivity contribution in [2.45, 2.75) is 27.7 Å². The Hall–Kier alpha value is -0.620. The number of allylic oxidation sites excluding steroid dienone is 8. The maximum Gasteiger partial charge on any atom is 4.00 e. The summed E-state index contributed by atoms with van der Waals surface area (Å²) in [5.41, 5.74) is 12.9. The molecule has 2 aliphatic carbocycles. The zero-order chi connectivity index (χ0) is 26.9. The van der Waals surface area contributed by atoms with Crippen molar-refractivity contribution in [2.75, 3.05) is 11.5 Å². The number of fused-ring (bicyclic) bond motifs is 2. The van der Waals surface area contributed by atoms with Crippen LogP contribution in [0.25, 0.3) is 0 Å². The van der Waals surface area contributed by atoms with Gasteiger partial charge in [0.05, 0.1) is 0 Å². The van der Waals surface area contributed by atoms with E-state index in [0.29, 0.717) is 0 Å². The van der Waals surface area contributed by atoms with Gasteiger partial charge in [-0.3, -0.25) is 0 Å². The third-order valence-corrected chi connectivity index (χ3v) is 10.2. The molecule has 0 N–H and O–H groups in total. The van der Waals surface area contributed by atoms with Gasteiger partial charge in [0.2, 0.25) is 0 Å². The summed E-state index contributed by atoms with van der Waals surface area (Å²) >= 11 is 10.8. The minimum Gasteiger partial charge on any atom is -0.202 e. The summed E-state index contributed by atoms with van der Waals surface area (Å²) in [6.07, 6.45) is 11.0. The molecular weight excluding hydrogens is 728 g/mol. The molecule has 190 valence electrons. The Balaban J connectivity index is 0.000000178. The van der Waals surface area contributed by atoms with Gasteiger partial charge in [-0.2, -0.15) is 76.4 Å². The molecule has 6 heteroatoms. The Morgan fingerprint density at radius 1 is 0.789 bits per heavy atom. The van der Waals surface area contributed by atoms with Crippen molar-refractivity contribution in [1.29, 1.82) is 0 Å². The third-order valence-electron chi connectivity index (χ3n) is 5.69. The van der Waals surface area contributed by atoms with Crippen molar-refractivity contribution >= 4 is 70.9 Å². The number of halogens is 2. The molecule has 2 aliphatic heterocycles. The second-order valence-electron chi connectivity index (χ2n) is 8.64. The summed E-state index contributed by atoms with van der Waals surface area (Å²) in [5, 5.41) is 0. The number of rotatable bonds is 1. The van der Waals surface area contributed by atoms with E-state index in [2.05, 4.69) is 112 Å². The molecule has 0 atom stereocenters. The van der Waals surface area contributed by atoms with E-state index in [0.717, 1.165) is 22.6 Å². The average Bonchev–Trinajstić information content (AvgIpc) is 3.62. The van der Waals surface area contributed by atoms with Crippen molar-refractivity contribution in [3.8, 4) is 0 Å². The zero-order valence-corrected chi connectivity index (χ0v) is 30.2. The van der Waals surface area contributed by atoms with E-state index in [1.165, 1.54) is 52.2 Å². The van der Waals surface area contributed by atoms with E-state index >= 15 is 0 Å². The summed E-state index contributed by atoms with van der Waals surface area (Å²) < 4.78 is 2.63. The van der Waals surface area contributed by atoms with Gasteiger partial charge in [0.1, 0.15) is 0 Å². The van der Waals surface area contributed by atoms with Crippen LogP contribution in [0, 0.1) is 32.9 Å². The van der Waals surface area contributed by atoms with Crippen molar-refractivity contribution in [2.24, 2.45) is 0 Å². The van der Waals surface area contributed by atoms with Crippen molar-refractivity contribution < 1.29 is 26.2 Å². The van der Waals surface area contributed by atoms with E-state index < -0.39 is 0 Å². The molecule has 4 aliphatic rings. The van der Waals surface area contributed by atoms with Crippen molar-refractivity contribution in [3.63, 3.8) is 0 Å². The summed E-state index contributed by atoms with van der Waals surface area (Å²) in [5.74, 6) is 2.17. The summed E-state index contributed by atoms with van der Waals surface area (Å²) in [6, 6.07) is 16.0. The van der Waals surface area contributed by atoms with Gasteiger partial charge < -0.3 is 0 Å². The fourth-order valence-electron chi connectivity index (χ4n) is 3.55. The molecule has 2 aromatic carbocycles. The van der Waals surface area contributed by atoms with Gasteiger partial charge in [0, 0.05) is 11.5 Å². The topological polar surface area (TPSA) is 0 Å². The quantitative estimate of drug-likeness (QED) is 0.210. The summed E-state index contributed by atoms with van der Waals surface area (Å²) in [7, 11) is 3.24. The minimum atomic E-state index is 0. The maximum absolute atomic E-state index is 3.72. The Morgan fingerprint density at radius 3 is 1.66 bits per heavy atom. The van der Waals surface area contributed by atoms with Gasteiger partial charge in [0.15, 0.2) is 0 Å². The third kappa shape index (κ3) is 9.78. The van der Waals surface area contributed by atoms with E-state index in [1.807, 2.05) is 66.0 Å². The summed E-state index contributed by atoms with van der Waals surface area (Å²) in [4.78, 5) is 2.62. The minimum absolute atomic E-state index is 0. The van der Waals surface area contributed by atoms with Crippen LogP contribution in [-0.4, -0.2) is 27.0 Å². The van der Waals surface area contributed by atoms with E-state index in [-0.39, 0.29) is 26.2 Å². The first-order chi connectivity index (χ1) is 17.7. The molecule has 0 spiro atoms. The molecule has 0 fully saturated rings. The first-order valence-electron chi connectivity index (χ1n) is 11.7. The monoisotopic (exact) mass is 752 g/mol. The van der Waals surface area contributed by atoms with E-state index in [9.17, 15) is 0 Å². The molecule has 2 heterocycles. The molecule has 38 heavy (non-hydrogen) atoms.